The van der Waals surface area contributed by atoms with E-state index in [1.54, 1.807) is 24.3 Å². The maximum atomic E-state index is 13.5. The summed E-state index contributed by atoms with van der Waals surface area (Å²) in [5.41, 5.74) is -1.11. The van der Waals surface area contributed by atoms with E-state index in [1.165, 1.54) is 20.3 Å². The number of thioether (sulfide) groups is 1. The maximum Gasteiger partial charge on any atom is 0.418 e. The lowest BCUT2D eigenvalue weighted by atomic mass is 10.1. The van der Waals surface area contributed by atoms with E-state index in [2.05, 4.69) is 0 Å². The summed E-state index contributed by atoms with van der Waals surface area (Å²) < 4.78 is 50.9. The number of nitrogens with zero attached hydrogens (tertiary/aromatic N) is 2. The highest BCUT2D eigenvalue weighted by Gasteiger charge is 2.50. The lowest BCUT2D eigenvalue weighted by Crippen LogP contribution is -2.44. The van der Waals surface area contributed by atoms with Gasteiger partial charge in [0, 0.05) is 0 Å². The number of hydrogen-bond acceptors (Lipinski definition) is 7. The third-order valence-electron chi connectivity index (χ3n) is 5.41. The quantitative estimate of drug-likeness (QED) is 0.330. The lowest BCUT2D eigenvalue weighted by Gasteiger charge is -2.23. The minimum atomic E-state index is -4.78. The average molecular weight is 523 g/mol. The van der Waals surface area contributed by atoms with Crippen LogP contribution in [-0.4, -0.2) is 47.2 Å². The molecule has 2 aromatic rings. The third kappa shape index (κ3) is 4.50. The number of alkyl halides is 3. The Labute approximate surface area is 207 Å². The number of amides is 3. The number of thiocarbonyl (C=S) groups is 1. The van der Waals surface area contributed by atoms with Crippen molar-refractivity contribution in [3.05, 3.63) is 58.5 Å². The highest BCUT2D eigenvalue weighted by Crippen LogP contribution is 2.41. The second-order valence-corrected chi connectivity index (χ2v) is 9.14. The van der Waals surface area contributed by atoms with Gasteiger partial charge in [-0.15, -0.1) is 0 Å². The van der Waals surface area contributed by atoms with Gasteiger partial charge in [0.05, 0.1) is 36.8 Å². The Morgan fingerprint density at radius 3 is 2.40 bits per heavy atom. The Bertz CT molecular complexity index is 1280. The molecule has 2 aliphatic rings. The number of carbonyl (C=O) groups is 3. The lowest BCUT2D eigenvalue weighted by molar-refractivity contribution is -0.137. The molecule has 7 nitrogen and oxygen atoms in total. The van der Waals surface area contributed by atoms with Crippen LogP contribution in [0.3, 0.4) is 0 Å². The zero-order valence-electron chi connectivity index (χ0n) is 18.3. The van der Waals surface area contributed by atoms with Crippen molar-refractivity contribution in [3.63, 3.8) is 0 Å². The van der Waals surface area contributed by atoms with Crippen molar-refractivity contribution in [2.75, 3.05) is 19.1 Å². The molecule has 0 radical (unpaired) electrons. The molecule has 12 heteroatoms. The first-order chi connectivity index (χ1) is 16.6. The van der Waals surface area contributed by atoms with E-state index in [0.29, 0.717) is 22.0 Å². The van der Waals surface area contributed by atoms with E-state index in [9.17, 15) is 27.6 Å². The van der Waals surface area contributed by atoms with Crippen LogP contribution < -0.4 is 14.4 Å². The van der Waals surface area contributed by atoms with Crippen molar-refractivity contribution >= 4 is 57.8 Å². The molecule has 2 fully saturated rings. The van der Waals surface area contributed by atoms with Crippen molar-refractivity contribution in [1.82, 2.24) is 4.90 Å². The van der Waals surface area contributed by atoms with E-state index in [1.807, 2.05) is 0 Å². The first kappa shape index (κ1) is 24.7. The number of halogens is 3. The van der Waals surface area contributed by atoms with E-state index < -0.39 is 47.6 Å². The first-order valence-corrected chi connectivity index (χ1v) is 11.3. The number of ether oxygens (including phenoxy) is 2. The Hall–Kier alpha value is -3.38. The summed E-state index contributed by atoms with van der Waals surface area (Å²) in [6, 6.07) is 7.93. The van der Waals surface area contributed by atoms with Gasteiger partial charge in [-0.05, 0) is 35.9 Å². The summed E-state index contributed by atoms with van der Waals surface area (Å²) in [6.45, 7) is 0. The molecule has 1 atom stereocenters. The summed E-state index contributed by atoms with van der Waals surface area (Å²) in [5, 5.41) is 0. The minimum Gasteiger partial charge on any atom is -0.493 e. The Balaban J connectivity index is 1.63. The fourth-order valence-corrected chi connectivity index (χ4v) is 5.18. The van der Waals surface area contributed by atoms with E-state index in [4.69, 9.17) is 21.7 Å². The standard InChI is InChI=1S/C23H17F3N2O5S2/c1-32-16-8-7-12(9-17(16)33-2)10-18-21(31)28(22(34)35-18)15-11-19(29)27(20(15)30)14-6-4-3-5-13(14)23(24,25)26/h3-10,15H,11H2,1-2H3/b18-10-. The first-order valence-electron chi connectivity index (χ1n) is 10.1. The van der Waals surface area contributed by atoms with Crippen LogP contribution in [0.15, 0.2) is 47.4 Å². The van der Waals surface area contributed by atoms with E-state index in [0.717, 1.165) is 34.9 Å². The van der Waals surface area contributed by atoms with Crippen LogP contribution in [0.4, 0.5) is 18.9 Å². The second kappa shape index (κ2) is 9.34. The summed E-state index contributed by atoms with van der Waals surface area (Å²) >= 11 is 6.22. The van der Waals surface area contributed by atoms with Crippen molar-refractivity contribution in [2.45, 2.75) is 18.6 Å². The zero-order chi connectivity index (χ0) is 25.5. The van der Waals surface area contributed by atoms with E-state index in [-0.39, 0.29) is 9.23 Å². The van der Waals surface area contributed by atoms with Gasteiger partial charge in [-0.1, -0.05) is 42.2 Å². The molecule has 2 heterocycles. The molecule has 0 saturated carbocycles. The molecule has 0 N–H and O–H groups in total. The SMILES string of the molecule is COc1ccc(/C=C2\SC(=S)N(C3CC(=O)N(c4ccccc4C(F)(F)F)C3=O)C2=O)cc1OC. The molecule has 0 aliphatic carbocycles. The second-order valence-electron chi connectivity index (χ2n) is 7.47. The number of methoxy groups -OCH3 is 2. The van der Waals surface area contributed by atoms with Crippen LogP contribution in [0.5, 0.6) is 11.5 Å². The highest BCUT2D eigenvalue weighted by atomic mass is 32.2. The maximum absolute atomic E-state index is 13.5. The largest absolute Gasteiger partial charge is 0.493 e. The van der Waals surface area contributed by atoms with Crippen LogP contribution >= 0.6 is 24.0 Å². The number of hydrogen-bond donors (Lipinski definition) is 0. The fourth-order valence-electron chi connectivity index (χ4n) is 3.82. The molecule has 35 heavy (non-hydrogen) atoms. The number of rotatable bonds is 5. The van der Waals surface area contributed by atoms with Gasteiger partial charge in [0.2, 0.25) is 5.91 Å². The smallest absolute Gasteiger partial charge is 0.418 e. The number of imide groups is 1. The highest BCUT2D eigenvalue weighted by molar-refractivity contribution is 8.26. The van der Waals surface area contributed by atoms with Gasteiger partial charge in [0.1, 0.15) is 10.4 Å². The van der Waals surface area contributed by atoms with Crippen molar-refractivity contribution in [3.8, 4) is 11.5 Å². The van der Waals surface area contributed by atoms with Crippen LogP contribution in [0.2, 0.25) is 0 Å². The molecule has 4 rings (SSSR count). The van der Waals surface area contributed by atoms with Crippen LogP contribution in [0, 0.1) is 0 Å². The van der Waals surface area contributed by atoms with Gasteiger partial charge in [-0.3, -0.25) is 19.3 Å². The summed E-state index contributed by atoms with van der Waals surface area (Å²) in [5.74, 6) is -1.49. The molecule has 0 spiro atoms. The summed E-state index contributed by atoms with van der Waals surface area (Å²) in [4.78, 5) is 40.6. The van der Waals surface area contributed by atoms with Crippen molar-refractivity contribution in [2.24, 2.45) is 0 Å². The Morgan fingerprint density at radius 2 is 1.74 bits per heavy atom. The van der Waals surface area contributed by atoms with Gasteiger partial charge < -0.3 is 9.47 Å². The van der Waals surface area contributed by atoms with E-state index >= 15 is 0 Å². The number of carbonyl (C=O) groups excluding carboxylic acids is 3. The molecule has 182 valence electrons. The van der Waals surface area contributed by atoms with Gasteiger partial charge >= 0.3 is 6.18 Å². The normalized spacial score (nSPS) is 19.8. The monoisotopic (exact) mass is 522 g/mol. The molecule has 2 saturated heterocycles. The summed E-state index contributed by atoms with van der Waals surface area (Å²) in [7, 11) is 2.95. The molecule has 2 aromatic carbocycles. The number of benzene rings is 2. The molecule has 3 amide bonds. The van der Waals surface area contributed by atoms with Crippen LogP contribution in [0.1, 0.15) is 17.5 Å². The van der Waals surface area contributed by atoms with Crippen LogP contribution in [0.25, 0.3) is 6.08 Å². The third-order valence-corrected chi connectivity index (χ3v) is 6.74. The zero-order valence-corrected chi connectivity index (χ0v) is 19.9. The predicted molar refractivity (Wildman–Crippen MR) is 127 cm³/mol. The minimum absolute atomic E-state index is 0.0267. The van der Waals surface area contributed by atoms with Gasteiger partial charge in [0.15, 0.2) is 11.5 Å². The Morgan fingerprint density at radius 1 is 1.06 bits per heavy atom. The van der Waals surface area contributed by atoms with Crippen molar-refractivity contribution < 1.29 is 37.0 Å². The summed E-state index contributed by atoms with van der Waals surface area (Å²) in [6.07, 6.45) is -3.72. The molecule has 2 aliphatic heterocycles. The van der Waals surface area contributed by atoms with Crippen molar-refractivity contribution in [1.29, 1.82) is 0 Å². The molecular weight excluding hydrogens is 505 g/mol. The average Bonchev–Trinajstić information content (AvgIpc) is 3.26. The molecule has 0 bridgehead atoms. The fraction of sp³-hybridized carbons (Fsp3) is 0.217. The van der Waals surface area contributed by atoms with Gasteiger partial charge in [0.25, 0.3) is 11.8 Å². The topological polar surface area (TPSA) is 76.2 Å². The number of anilines is 1. The molecular formula is C23H17F3N2O5S2. The van der Waals surface area contributed by atoms with Gasteiger partial charge in [-0.2, -0.15) is 13.2 Å². The molecule has 0 aromatic heterocycles. The Kier molecular flexibility index (Phi) is 6.60. The van der Waals surface area contributed by atoms with Crippen LogP contribution in [-0.2, 0) is 20.6 Å². The number of para-hydroxylation sites is 1. The predicted octanol–water partition coefficient (Wildman–Crippen LogP) is 4.26. The molecule has 1 unspecified atom stereocenters. The van der Waals surface area contributed by atoms with Gasteiger partial charge in [-0.25, -0.2) is 4.90 Å².